The van der Waals surface area contributed by atoms with E-state index < -0.39 is 6.09 Å². The number of hydrogen-bond donors (Lipinski definition) is 2. The van der Waals surface area contributed by atoms with E-state index in [0.717, 1.165) is 11.1 Å². The highest BCUT2D eigenvalue weighted by atomic mass is 16.6. The van der Waals surface area contributed by atoms with Crippen LogP contribution in [0.25, 0.3) is 10.9 Å². The summed E-state index contributed by atoms with van der Waals surface area (Å²) in [5, 5.41) is 21.0. The molecule has 2 N–H and O–H groups in total. The third-order valence-electron chi connectivity index (χ3n) is 3.51. The van der Waals surface area contributed by atoms with Crippen molar-refractivity contribution in [1.82, 2.24) is 10.2 Å². The first-order chi connectivity index (χ1) is 11.1. The fourth-order valence-corrected chi connectivity index (χ4v) is 2.32. The Morgan fingerprint density at radius 3 is 2.48 bits per heavy atom. The lowest BCUT2D eigenvalue weighted by atomic mass is 10.1. The predicted molar refractivity (Wildman–Crippen MR) is 86.8 cm³/mol. The number of nitrogens with one attached hydrogen (secondary N) is 1. The monoisotopic (exact) mass is 309 g/mol. The molecule has 1 heterocycles. The number of aromatic nitrogens is 2. The minimum atomic E-state index is -0.734. The Balaban J connectivity index is 1.85. The van der Waals surface area contributed by atoms with Crippen LogP contribution in [0.4, 0.5) is 10.5 Å². The smallest absolute Gasteiger partial charge is 0.418 e. The van der Waals surface area contributed by atoms with Gasteiger partial charge in [0.05, 0.1) is 5.52 Å². The second-order valence-electron chi connectivity index (χ2n) is 5.15. The molecule has 23 heavy (non-hydrogen) atoms. The number of aromatic hydroxyl groups is 1. The molecule has 1 aromatic heterocycles. The number of para-hydroxylation sites is 1. The van der Waals surface area contributed by atoms with Crippen LogP contribution < -0.4 is 10.1 Å². The van der Waals surface area contributed by atoms with Crippen LogP contribution in [-0.2, 0) is 0 Å². The summed E-state index contributed by atoms with van der Waals surface area (Å²) in [6, 6.07) is 12.6. The predicted octanol–water partition coefficient (Wildman–Crippen LogP) is 3.56. The van der Waals surface area contributed by atoms with Crippen LogP contribution in [0.15, 0.2) is 42.5 Å². The van der Waals surface area contributed by atoms with E-state index in [4.69, 9.17) is 4.74 Å². The average molecular weight is 309 g/mol. The lowest BCUT2D eigenvalue weighted by Crippen LogP contribution is -2.19. The SMILES string of the molecule is Cc1cccc(C)c1NC(=O)Oc1nnc2ccccc2c1O. The molecule has 0 aliphatic carbocycles. The Kier molecular flexibility index (Phi) is 3.80. The molecule has 0 saturated heterocycles. The van der Waals surface area contributed by atoms with E-state index in [0.29, 0.717) is 16.6 Å². The van der Waals surface area contributed by atoms with Crippen molar-refractivity contribution in [2.75, 3.05) is 5.32 Å². The molecule has 6 nitrogen and oxygen atoms in total. The summed E-state index contributed by atoms with van der Waals surface area (Å²) in [5.41, 5.74) is 3.02. The van der Waals surface area contributed by atoms with E-state index in [2.05, 4.69) is 15.5 Å². The highest BCUT2D eigenvalue weighted by molar-refractivity contribution is 5.90. The van der Waals surface area contributed by atoms with E-state index in [1.165, 1.54) is 0 Å². The van der Waals surface area contributed by atoms with Crippen LogP contribution in [0.3, 0.4) is 0 Å². The standard InChI is InChI=1S/C17H15N3O3/c1-10-6-5-7-11(2)14(10)18-17(22)23-16-15(21)12-8-3-4-9-13(12)19-20-16/h3-9H,1-2H3,(H,18,22)(H,19,21). The summed E-state index contributed by atoms with van der Waals surface area (Å²) in [6.45, 7) is 3.77. The Labute approximate surface area is 132 Å². The van der Waals surface area contributed by atoms with Crippen LogP contribution in [0.2, 0.25) is 0 Å². The minimum Gasteiger partial charge on any atom is -0.503 e. The van der Waals surface area contributed by atoms with E-state index in [1.54, 1.807) is 24.3 Å². The summed E-state index contributed by atoms with van der Waals surface area (Å²) < 4.78 is 5.09. The number of fused-ring (bicyclic) bond motifs is 1. The van der Waals surface area contributed by atoms with Crippen LogP contribution in [0.5, 0.6) is 11.6 Å². The maximum absolute atomic E-state index is 12.1. The van der Waals surface area contributed by atoms with E-state index in [-0.39, 0.29) is 11.6 Å². The normalized spacial score (nSPS) is 10.5. The third kappa shape index (κ3) is 2.91. The van der Waals surface area contributed by atoms with E-state index in [1.807, 2.05) is 32.0 Å². The van der Waals surface area contributed by atoms with Crippen molar-refractivity contribution in [3.05, 3.63) is 53.6 Å². The van der Waals surface area contributed by atoms with Gasteiger partial charge in [-0.15, -0.1) is 10.2 Å². The first-order valence-electron chi connectivity index (χ1n) is 7.05. The number of hydrogen-bond acceptors (Lipinski definition) is 5. The summed E-state index contributed by atoms with van der Waals surface area (Å²) in [6.07, 6.45) is -0.734. The lowest BCUT2D eigenvalue weighted by Gasteiger charge is -2.11. The molecule has 0 radical (unpaired) electrons. The molecular weight excluding hydrogens is 294 g/mol. The number of ether oxygens (including phenoxy) is 1. The van der Waals surface area contributed by atoms with Crippen LogP contribution in [0.1, 0.15) is 11.1 Å². The van der Waals surface area contributed by atoms with Gasteiger partial charge >= 0.3 is 6.09 Å². The van der Waals surface area contributed by atoms with Crippen molar-refractivity contribution >= 4 is 22.7 Å². The molecule has 0 fully saturated rings. The maximum atomic E-state index is 12.1. The molecule has 1 amide bonds. The molecule has 0 atom stereocenters. The zero-order valence-corrected chi connectivity index (χ0v) is 12.7. The summed E-state index contributed by atoms with van der Waals surface area (Å²) in [5.74, 6) is -0.445. The molecule has 0 aliphatic rings. The Morgan fingerprint density at radius 1 is 1.04 bits per heavy atom. The highest BCUT2D eigenvalue weighted by Crippen LogP contribution is 2.30. The van der Waals surface area contributed by atoms with Gasteiger partial charge in [-0.2, -0.15) is 0 Å². The first kappa shape index (κ1) is 14.8. The number of carbonyl (C=O) groups is 1. The lowest BCUT2D eigenvalue weighted by molar-refractivity contribution is 0.210. The Hall–Kier alpha value is -3.15. The Morgan fingerprint density at radius 2 is 1.74 bits per heavy atom. The third-order valence-corrected chi connectivity index (χ3v) is 3.51. The summed E-state index contributed by atoms with van der Waals surface area (Å²) in [7, 11) is 0. The van der Waals surface area contributed by atoms with Gasteiger partial charge in [-0.1, -0.05) is 30.3 Å². The van der Waals surface area contributed by atoms with Crippen molar-refractivity contribution in [2.24, 2.45) is 0 Å². The number of amides is 1. The second-order valence-corrected chi connectivity index (χ2v) is 5.15. The van der Waals surface area contributed by atoms with Crippen molar-refractivity contribution in [1.29, 1.82) is 0 Å². The molecular formula is C17H15N3O3. The van der Waals surface area contributed by atoms with E-state index >= 15 is 0 Å². The largest absolute Gasteiger partial charge is 0.503 e. The maximum Gasteiger partial charge on any atom is 0.418 e. The molecule has 2 aromatic carbocycles. The summed E-state index contributed by atoms with van der Waals surface area (Å²) in [4.78, 5) is 12.1. The highest BCUT2D eigenvalue weighted by Gasteiger charge is 2.15. The van der Waals surface area contributed by atoms with Gasteiger partial charge in [-0.3, -0.25) is 5.32 Å². The van der Waals surface area contributed by atoms with Crippen molar-refractivity contribution in [3.63, 3.8) is 0 Å². The molecule has 3 aromatic rings. The number of carbonyl (C=O) groups excluding carboxylic acids is 1. The number of benzene rings is 2. The molecule has 0 bridgehead atoms. The quantitative estimate of drug-likeness (QED) is 0.756. The van der Waals surface area contributed by atoms with Gasteiger partial charge in [0.15, 0.2) is 5.75 Å². The topological polar surface area (TPSA) is 84.3 Å². The zero-order chi connectivity index (χ0) is 16.4. The minimum absolute atomic E-state index is 0.216. The van der Waals surface area contributed by atoms with Crippen molar-refractivity contribution in [3.8, 4) is 11.6 Å². The second kappa shape index (κ2) is 5.92. The number of anilines is 1. The van der Waals surface area contributed by atoms with Gasteiger partial charge < -0.3 is 9.84 Å². The van der Waals surface area contributed by atoms with Crippen LogP contribution >= 0.6 is 0 Å². The van der Waals surface area contributed by atoms with Gasteiger partial charge in [0.25, 0.3) is 5.88 Å². The van der Waals surface area contributed by atoms with Crippen LogP contribution in [-0.4, -0.2) is 21.4 Å². The van der Waals surface area contributed by atoms with Gasteiger partial charge in [0, 0.05) is 11.1 Å². The molecule has 6 heteroatoms. The Bertz CT molecular complexity index is 873. The van der Waals surface area contributed by atoms with Gasteiger partial charge in [-0.05, 0) is 37.1 Å². The van der Waals surface area contributed by atoms with Crippen molar-refractivity contribution < 1.29 is 14.6 Å². The van der Waals surface area contributed by atoms with Crippen molar-refractivity contribution in [2.45, 2.75) is 13.8 Å². The number of aryl methyl sites for hydroxylation is 2. The van der Waals surface area contributed by atoms with Crippen LogP contribution in [0, 0.1) is 13.8 Å². The molecule has 0 spiro atoms. The van der Waals surface area contributed by atoms with Gasteiger partial charge in [-0.25, -0.2) is 4.79 Å². The fraction of sp³-hybridized carbons (Fsp3) is 0.118. The first-order valence-corrected chi connectivity index (χ1v) is 7.05. The molecule has 0 unspecified atom stereocenters. The zero-order valence-electron chi connectivity index (χ0n) is 12.7. The average Bonchev–Trinajstić information content (AvgIpc) is 2.54. The van der Waals surface area contributed by atoms with Gasteiger partial charge in [0.1, 0.15) is 0 Å². The molecule has 3 rings (SSSR count). The number of nitrogens with zero attached hydrogens (tertiary/aromatic N) is 2. The summed E-state index contributed by atoms with van der Waals surface area (Å²) >= 11 is 0. The van der Waals surface area contributed by atoms with Gasteiger partial charge in [0.2, 0.25) is 0 Å². The molecule has 0 saturated carbocycles. The number of rotatable bonds is 2. The van der Waals surface area contributed by atoms with E-state index in [9.17, 15) is 9.90 Å². The fourth-order valence-electron chi connectivity index (χ4n) is 2.32. The molecule has 116 valence electrons. The molecule has 0 aliphatic heterocycles.